The van der Waals surface area contributed by atoms with Crippen molar-refractivity contribution in [3.63, 3.8) is 0 Å². The average molecular weight is 332 g/mol. The summed E-state index contributed by atoms with van der Waals surface area (Å²) in [5.41, 5.74) is 3.00. The second-order valence-electron chi connectivity index (χ2n) is 6.20. The van der Waals surface area contributed by atoms with Crippen molar-refractivity contribution in [3.05, 3.63) is 46.7 Å². The Balaban J connectivity index is 1.56. The summed E-state index contributed by atoms with van der Waals surface area (Å²) in [6.45, 7) is 2.03. The average Bonchev–Trinajstić information content (AvgIpc) is 3.18. The fourth-order valence-electron chi connectivity index (χ4n) is 3.18. The number of nitrogens with one attached hydrogen (secondary N) is 1. The smallest absolute Gasteiger partial charge is 0.224 e. The molecule has 1 aliphatic rings. The number of amides is 1. The third kappa shape index (κ3) is 3.94. The molecule has 4 nitrogen and oxygen atoms in total. The van der Waals surface area contributed by atoms with Gasteiger partial charge in [0.2, 0.25) is 5.91 Å². The van der Waals surface area contributed by atoms with Crippen LogP contribution >= 0.6 is 11.6 Å². The minimum atomic E-state index is 0.0222. The molecule has 1 aromatic heterocycles. The summed E-state index contributed by atoms with van der Waals surface area (Å²) < 4.78 is 2.07. The highest BCUT2D eigenvalue weighted by Gasteiger charge is 2.20. The molecule has 0 aliphatic heterocycles. The van der Waals surface area contributed by atoms with Crippen LogP contribution in [0.5, 0.6) is 0 Å². The number of halogens is 1. The summed E-state index contributed by atoms with van der Waals surface area (Å²) in [6, 6.07) is 8.11. The van der Waals surface area contributed by atoms with Crippen LogP contribution in [0.3, 0.4) is 0 Å². The van der Waals surface area contributed by atoms with Gasteiger partial charge < -0.3 is 5.32 Å². The Morgan fingerprint density at radius 2 is 2.00 bits per heavy atom. The summed E-state index contributed by atoms with van der Waals surface area (Å²) in [5, 5.41) is 8.17. The summed E-state index contributed by atoms with van der Waals surface area (Å²) in [4.78, 5) is 12.2. The van der Waals surface area contributed by atoms with Crippen molar-refractivity contribution in [1.82, 2.24) is 9.78 Å². The van der Waals surface area contributed by atoms with Crippen LogP contribution in [0, 0.1) is 6.92 Å². The summed E-state index contributed by atoms with van der Waals surface area (Å²) in [5.74, 6) is 0.0222. The van der Waals surface area contributed by atoms with Gasteiger partial charge in [0, 0.05) is 11.4 Å². The molecule has 1 N–H and O–H groups in total. The molecule has 1 aliphatic carbocycles. The fourth-order valence-corrected chi connectivity index (χ4v) is 3.31. The Morgan fingerprint density at radius 1 is 1.30 bits per heavy atom. The van der Waals surface area contributed by atoms with Crippen molar-refractivity contribution < 1.29 is 4.79 Å². The normalized spacial score (nSPS) is 15.0. The Bertz CT molecular complexity index is 672. The molecule has 23 heavy (non-hydrogen) atoms. The summed E-state index contributed by atoms with van der Waals surface area (Å²) in [6.07, 6.45) is 7.85. The Labute approximate surface area is 141 Å². The zero-order valence-electron chi connectivity index (χ0n) is 13.4. The van der Waals surface area contributed by atoms with E-state index in [-0.39, 0.29) is 5.91 Å². The highest BCUT2D eigenvalue weighted by atomic mass is 35.5. The number of nitrogens with zero attached hydrogens (tertiary/aromatic N) is 2. The monoisotopic (exact) mass is 331 g/mol. The number of benzene rings is 1. The fraction of sp³-hybridized carbons (Fsp3) is 0.444. The van der Waals surface area contributed by atoms with Gasteiger partial charge in [-0.3, -0.25) is 9.48 Å². The number of anilines is 1. The third-order valence-corrected chi connectivity index (χ3v) is 4.80. The maximum atomic E-state index is 12.2. The van der Waals surface area contributed by atoms with Crippen molar-refractivity contribution in [2.45, 2.75) is 51.5 Å². The Hall–Kier alpha value is -1.81. The van der Waals surface area contributed by atoms with E-state index in [1.54, 1.807) is 6.20 Å². The topological polar surface area (TPSA) is 46.9 Å². The first-order valence-corrected chi connectivity index (χ1v) is 8.59. The van der Waals surface area contributed by atoms with Crippen molar-refractivity contribution in [1.29, 1.82) is 0 Å². The van der Waals surface area contributed by atoms with Gasteiger partial charge in [-0.25, -0.2) is 0 Å². The number of carbonyl (C=O) groups excluding carboxylic acids is 1. The van der Waals surface area contributed by atoms with Crippen molar-refractivity contribution in [3.8, 4) is 0 Å². The molecule has 0 bridgehead atoms. The minimum absolute atomic E-state index is 0.0222. The van der Waals surface area contributed by atoms with E-state index in [9.17, 15) is 4.79 Å². The molecular formula is C18H22ClN3O. The van der Waals surface area contributed by atoms with Gasteiger partial charge in [-0.2, -0.15) is 5.10 Å². The predicted molar refractivity (Wildman–Crippen MR) is 92.9 cm³/mol. The summed E-state index contributed by atoms with van der Waals surface area (Å²) >= 11 is 5.87. The van der Waals surface area contributed by atoms with E-state index < -0.39 is 0 Å². The number of hydrogen-bond donors (Lipinski definition) is 1. The van der Waals surface area contributed by atoms with Gasteiger partial charge in [0.15, 0.2) is 0 Å². The molecule has 0 saturated heterocycles. The molecule has 1 saturated carbocycles. The molecule has 0 radical (unpaired) electrons. The first-order chi connectivity index (χ1) is 11.1. The molecule has 5 heteroatoms. The van der Waals surface area contributed by atoms with E-state index in [0.717, 1.165) is 16.9 Å². The molecule has 1 heterocycles. The van der Waals surface area contributed by atoms with Gasteiger partial charge in [0.05, 0.1) is 23.6 Å². The number of hydrogen-bond acceptors (Lipinski definition) is 2. The van der Waals surface area contributed by atoms with Gasteiger partial charge in [-0.15, -0.1) is 0 Å². The summed E-state index contributed by atoms with van der Waals surface area (Å²) in [7, 11) is 0. The predicted octanol–water partition coefficient (Wildman–Crippen LogP) is 4.53. The first kappa shape index (κ1) is 16.1. The molecule has 122 valence electrons. The zero-order valence-corrected chi connectivity index (χ0v) is 14.1. The quantitative estimate of drug-likeness (QED) is 0.874. The largest absolute Gasteiger partial charge is 0.323 e. The van der Waals surface area contributed by atoms with Crippen molar-refractivity contribution in [2.75, 3.05) is 5.32 Å². The van der Waals surface area contributed by atoms with Crippen molar-refractivity contribution >= 4 is 23.2 Å². The molecule has 0 spiro atoms. The van der Waals surface area contributed by atoms with Crippen LogP contribution < -0.4 is 5.32 Å². The van der Waals surface area contributed by atoms with Gasteiger partial charge in [-0.05, 0) is 43.9 Å². The van der Waals surface area contributed by atoms with E-state index in [4.69, 9.17) is 11.6 Å². The second-order valence-corrected chi connectivity index (χ2v) is 6.64. The number of rotatable bonds is 5. The van der Waals surface area contributed by atoms with Gasteiger partial charge in [0.25, 0.3) is 0 Å². The number of aromatic nitrogens is 2. The lowest BCUT2D eigenvalue weighted by Crippen LogP contribution is -2.14. The SMILES string of the molecule is Cc1c(NC(=O)CCc2ccc(Cl)cc2)cnn1C1CCCC1. The lowest BCUT2D eigenvalue weighted by atomic mass is 10.1. The molecule has 1 amide bonds. The zero-order chi connectivity index (χ0) is 16.2. The van der Waals surface area contributed by atoms with E-state index >= 15 is 0 Å². The molecule has 3 rings (SSSR count). The molecule has 0 unspecified atom stereocenters. The van der Waals surface area contributed by atoms with Gasteiger partial charge >= 0.3 is 0 Å². The minimum Gasteiger partial charge on any atom is -0.323 e. The maximum absolute atomic E-state index is 12.2. The van der Waals surface area contributed by atoms with Crippen LogP contribution in [-0.2, 0) is 11.2 Å². The standard InChI is InChI=1S/C18H22ClN3O/c1-13-17(12-20-22(13)16-4-2-3-5-16)21-18(23)11-8-14-6-9-15(19)10-7-14/h6-7,9-10,12,16H,2-5,8,11H2,1H3,(H,21,23). The van der Waals surface area contributed by atoms with Crippen LogP contribution in [-0.4, -0.2) is 15.7 Å². The van der Waals surface area contributed by atoms with E-state index in [2.05, 4.69) is 15.1 Å². The van der Waals surface area contributed by atoms with Crippen LogP contribution in [0.2, 0.25) is 5.02 Å². The highest BCUT2D eigenvalue weighted by Crippen LogP contribution is 2.31. The third-order valence-electron chi connectivity index (χ3n) is 4.54. The molecule has 0 atom stereocenters. The van der Waals surface area contributed by atoms with Crippen LogP contribution in [0.1, 0.15) is 49.4 Å². The number of aryl methyl sites for hydroxylation is 1. The van der Waals surface area contributed by atoms with Crippen molar-refractivity contribution in [2.24, 2.45) is 0 Å². The van der Waals surface area contributed by atoms with Crippen LogP contribution in [0.4, 0.5) is 5.69 Å². The molecular weight excluding hydrogens is 310 g/mol. The van der Waals surface area contributed by atoms with E-state index in [1.807, 2.05) is 31.2 Å². The first-order valence-electron chi connectivity index (χ1n) is 8.22. The lowest BCUT2D eigenvalue weighted by molar-refractivity contribution is -0.116. The molecule has 1 fully saturated rings. The second kappa shape index (κ2) is 7.18. The molecule has 1 aromatic carbocycles. The van der Waals surface area contributed by atoms with E-state index in [0.29, 0.717) is 23.9 Å². The maximum Gasteiger partial charge on any atom is 0.224 e. The van der Waals surface area contributed by atoms with Gasteiger partial charge in [-0.1, -0.05) is 36.6 Å². The highest BCUT2D eigenvalue weighted by molar-refractivity contribution is 6.30. The Kier molecular flexibility index (Phi) is 5.01. The number of carbonyl (C=O) groups is 1. The van der Waals surface area contributed by atoms with Crippen LogP contribution in [0.15, 0.2) is 30.5 Å². The van der Waals surface area contributed by atoms with E-state index in [1.165, 1.54) is 25.7 Å². The lowest BCUT2D eigenvalue weighted by Gasteiger charge is -2.12. The Morgan fingerprint density at radius 3 is 2.70 bits per heavy atom. The van der Waals surface area contributed by atoms with Gasteiger partial charge in [0.1, 0.15) is 0 Å². The molecule has 2 aromatic rings. The van der Waals surface area contributed by atoms with Crippen LogP contribution in [0.25, 0.3) is 0 Å².